The van der Waals surface area contributed by atoms with Crippen molar-refractivity contribution in [2.24, 2.45) is 5.41 Å². The Labute approximate surface area is 175 Å². The van der Waals surface area contributed by atoms with Crippen molar-refractivity contribution in [3.8, 4) is 0 Å². The summed E-state index contributed by atoms with van der Waals surface area (Å²) in [5.74, 6) is 0.120. The van der Waals surface area contributed by atoms with Crippen LogP contribution in [-0.2, 0) is 20.9 Å². The van der Waals surface area contributed by atoms with Gasteiger partial charge in [-0.25, -0.2) is 0 Å². The topological polar surface area (TPSA) is 61.9 Å². The Morgan fingerprint density at radius 2 is 1.97 bits per heavy atom. The van der Waals surface area contributed by atoms with Crippen LogP contribution in [0.5, 0.6) is 0 Å². The molecular formula is C23H37N3O3. The van der Waals surface area contributed by atoms with E-state index in [4.69, 9.17) is 4.74 Å². The molecule has 1 atom stereocenters. The largest absolute Gasteiger partial charge is 0.377 e. The number of nitrogens with zero attached hydrogens (tertiary/aromatic N) is 2. The van der Waals surface area contributed by atoms with Gasteiger partial charge >= 0.3 is 0 Å². The molecule has 0 bridgehead atoms. The quantitative estimate of drug-likeness (QED) is 0.711. The van der Waals surface area contributed by atoms with Crippen LogP contribution in [0, 0.1) is 5.41 Å². The highest BCUT2D eigenvalue weighted by molar-refractivity contribution is 5.91. The average Bonchev–Trinajstić information content (AvgIpc) is 3.11. The molecule has 0 aliphatic carbocycles. The summed E-state index contributed by atoms with van der Waals surface area (Å²) < 4.78 is 5.75. The maximum absolute atomic E-state index is 12.6. The van der Waals surface area contributed by atoms with E-state index >= 15 is 0 Å². The van der Waals surface area contributed by atoms with Crippen LogP contribution in [0.3, 0.4) is 0 Å². The SMILES string of the molecule is CCC(=O)N(Cc1cc(NC(=O)CC(C)(C)C)ccc1N(C)C)CC1CCCO1. The van der Waals surface area contributed by atoms with Crippen molar-refractivity contribution in [3.63, 3.8) is 0 Å². The highest BCUT2D eigenvalue weighted by Gasteiger charge is 2.23. The molecule has 1 fully saturated rings. The van der Waals surface area contributed by atoms with E-state index in [9.17, 15) is 9.59 Å². The molecule has 0 aromatic heterocycles. The number of carbonyl (C=O) groups excluding carboxylic acids is 2. The third kappa shape index (κ3) is 7.35. The van der Waals surface area contributed by atoms with E-state index in [0.29, 0.717) is 25.9 Å². The van der Waals surface area contributed by atoms with E-state index < -0.39 is 0 Å². The van der Waals surface area contributed by atoms with Crippen molar-refractivity contribution in [2.75, 3.05) is 37.5 Å². The van der Waals surface area contributed by atoms with E-state index in [-0.39, 0.29) is 23.3 Å². The average molecular weight is 404 g/mol. The standard InChI is InChI=1S/C23H37N3O3/c1-7-22(28)26(16-19-9-8-12-29-19)15-17-13-18(10-11-20(17)25(5)6)24-21(27)14-23(2,3)4/h10-11,13,19H,7-9,12,14-16H2,1-6H3,(H,24,27). The number of hydrogen-bond donors (Lipinski definition) is 1. The van der Waals surface area contributed by atoms with Crippen LogP contribution < -0.4 is 10.2 Å². The first-order valence-electron chi connectivity index (χ1n) is 10.6. The molecule has 2 amide bonds. The Morgan fingerprint density at radius 1 is 1.24 bits per heavy atom. The predicted octanol–water partition coefficient (Wildman–Crippen LogP) is 4.04. The van der Waals surface area contributed by atoms with E-state index in [1.807, 2.05) is 69.8 Å². The van der Waals surface area contributed by atoms with Gasteiger partial charge in [0.1, 0.15) is 0 Å². The fourth-order valence-electron chi connectivity index (χ4n) is 3.63. The van der Waals surface area contributed by atoms with Crippen LogP contribution in [0.25, 0.3) is 0 Å². The Bertz CT molecular complexity index is 704. The first-order chi connectivity index (χ1) is 13.6. The van der Waals surface area contributed by atoms with Gasteiger partial charge in [-0.15, -0.1) is 0 Å². The lowest BCUT2D eigenvalue weighted by molar-refractivity contribution is -0.133. The third-order valence-corrected chi connectivity index (χ3v) is 5.00. The number of anilines is 2. The van der Waals surface area contributed by atoms with Crippen molar-refractivity contribution in [1.82, 2.24) is 4.90 Å². The van der Waals surface area contributed by atoms with Gasteiger partial charge < -0.3 is 19.9 Å². The van der Waals surface area contributed by atoms with Gasteiger partial charge in [0, 0.05) is 58.0 Å². The second-order valence-corrected chi connectivity index (χ2v) is 9.29. The van der Waals surface area contributed by atoms with Crippen molar-refractivity contribution < 1.29 is 14.3 Å². The Balaban J connectivity index is 2.22. The zero-order valence-electron chi connectivity index (χ0n) is 18.9. The molecule has 0 radical (unpaired) electrons. The summed E-state index contributed by atoms with van der Waals surface area (Å²) in [5.41, 5.74) is 2.76. The molecule has 1 unspecified atom stereocenters. The Morgan fingerprint density at radius 3 is 2.52 bits per heavy atom. The molecule has 6 heteroatoms. The molecule has 1 aromatic rings. The molecular weight excluding hydrogens is 366 g/mol. The van der Waals surface area contributed by atoms with Gasteiger partial charge in [0.15, 0.2) is 0 Å². The minimum Gasteiger partial charge on any atom is -0.377 e. The molecule has 1 aromatic carbocycles. The van der Waals surface area contributed by atoms with E-state index in [2.05, 4.69) is 5.32 Å². The van der Waals surface area contributed by atoms with Gasteiger partial charge in [-0.05, 0) is 42.0 Å². The maximum Gasteiger partial charge on any atom is 0.224 e. The van der Waals surface area contributed by atoms with E-state index in [0.717, 1.165) is 36.4 Å². The summed E-state index contributed by atoms with van der Waals surface area (Å²) in [7, 11) is 3.98. The van der Waals surface area contributed by atoms with Crippen LogP contribution in [0.1, 0.15) is 58.9 Å². The second kappa shape index (κ2) is 10.1. The molecule has 162 valence electrons. The minimum atomic E-state index is -0.0673. The second-order valence-electron chi connectivity index (χ2n) is 9.29. The molecule has 1 aliphatic heterocycles. The van der Waals surface area contributed by atoms with Crippen LogP contribution in [0.4, 0.5) is 11.4 Å². The summed E-state index contributed by atoms with van der Waals surface area (Å²) in [4.78, 5) is 28.9. The normalized spacial score (nSPS) is 16.6. The summed E-state index contributed by atoms with van der Waals surface area (Å²) in [6.07, 6.45) is 3.08. The van der Waals surface area contributed by atoms with Gasteiger partial charge in [0.05, 0.1) is 6.10 Å². The number of ether oxygens (including phenoxy) is 1. The Hall–Kier alpha value is -2.08. The van der Waals surface area contributed by atoms with Gasteiger partial charge in [0.2, 0.25) is 11.8 Å². The molecule has 0 saturated carbocycles. The van der Waals surface area contributed by atoms with Gasteiger partial charge in [-0.3, -0.25) is 9.59 Å². The lowest BCUT2D eigenvalue weighted by Gasteiger charge is -2.28. The number of nitrogens with one attached hydrogen (secondary N) is 1. The van der Waals surface area contributed by atoms with Crippen LogP contribution in [0.2, 0.25) is 0 Å². The zero-order chi connectivity index (χ0) is 21.6. The Kier molecular flexibility index (Phi) is 8.08. The van der Waals surface area contributed by atoms with Crippen molar-refractivity contribution in [3.05, 3.63) is 23.8 Å². The molecule has 1 saturated heterocycles. The first-order valence-corrected chi connectivity index (χ1v) is 10.6. The zero-order valence-corrected chi connectivity index (χ0v) is 18.9. The maximum atomic E-state index is 12.6. The van der Waals surface area contributed by atoms with Gasteiger partial charge in [0.25, 0.3) is 0 Å². The predicted molar refractivity (Wildman–Crippen MR) is 118 cm³/mol. The van der Waals surface area contributed by atoms with Crippen molar-refractivity contribution in [2.45, 2.75) is 66.0 Å². The van der Waals surface area contributed by atoms with E-state index in [1.165, 1.54) is 0 Å². The molecule has 2 rings (SSSR count). The summed E-state index contributed by atoms with van der Waals surface area (Å²) in [6.45, 7) is 9.92. The molecule has 1 heterocycles. The fourth-order valence-corrected chi connectivity index (χ4v) is 3.63. The number of amides is 2. The minimum absolute atomic E-state index is 0.00176. The summed E-state index contributed by atoms with van der Waals surface area (Å²) >= 11 is 0. The number of benzene rings is 1. The molecule has 0 spiro atoms. The first kappa shape index (κ1) is 23.2. The number of hydrogen-bond acceptors (Lipinski definition) is 4. The van der Waals surface area contributed by atoms with Crippen molar-refractivity contribution >= 4 is 23.2 Å². The molecule has 1 N–H and O–H groups in total. The van der Waals surface area contributed by atoms with E-state index in [1.54, 1.807) is 0 Å². The van der Waals surface area contributed by atoms with Crippen molar-refractivity contribution in [1.29, 1.82) is 0 Å². The lowest BCUT2D eigenvalue weighted by atomic mass is 9.92. The molecule has 29 heavy (non-hydrogen) atoms. The van der Waals surface area contributed by atoms with Crippen LogP contribution >= 0.6 is 0 Å². The highest BCUT2D eigenvalue weighted by Crippen LogP contribution is 2.27. The number of carbonyl (C=O) groups is 2. The van der Waals surface area contributed by atoms with Crippen LogP contribution in [-0.4, -0.2) is 50.1 Å². The summed E-state index contributed by atoms with van der Waals surface area (Å²) in [6, 6.07) is 5.91. The highest BCUT2D eigenvalue weighted by atomic mass is 16.5. The van der Waals surface area contributed by atoms with Gasteiger partial charge in [-0.2, -0.15) is 0 Å². The fraction of sp³-hybridized carbons (Fsp3) is 0.652. The van der Waals surface area contributed by atoms with Crippen LogP contribution in [0.15, 0.2) is 18.2 Å². The summed E-state index contributed by atoms with van der Waals surface area (Å²) in [5, 5.41) is 3.01. The third-order valence-electron chi connectivity index (χ3n) is 5.00. The molecule has 6 nitrogen and oxygen atoms in total. The lowest BCUT2D eigenvalue weighted by Crippen LogP contribution is -2.36. The smallest absolute Gasteiger partial charge is 0.224 e. The number of rotatable bonds is 8. The monoisotopic (exact) mass is 403 g/mol. The molecule has 1 aliphatic rings. The van der Waals surface area contributed by atoms with Gasteiger partial charge in [-0.1, -0.05) is 27.7 Å².